The van der Waals surface area contributed by atoms with E-state index in [4.69, 9.17) is 9.47 Å². The highest BCUT2D eigenvalue weighted by Gasteiger charge is 2.34. The van der Waals surface area contributed by atoms with E-state index in [0.29, 0.717) is 23.8 Å². The molecule has 168 valence electrons. The molecule has 0 fully saturated rings. The lowest BCUT2D eigenvalue weighted by Gasteiger charge is -2.24. The lowest BCUT2D eigenvalue weighted by atomic mass is 9.90. The Balaban J connectivity index is 1.75. The normalized spacial score (nSPS) is 15.7. The van der Waals surface area contributed by atoms with Crippen LogP contribution >= 0.6 is 11.3 Å². The lowest BCUT2D eigenvalue weighted by Crippen LogP contribution is -2.23. The average molecular weight is 472 g/mol. The highest BCUT2D eigenvalue weighted by molar-refractivity contribution is 7.91. The molecular weight excluding hydrogens is 446 g/mol. The third kappa shape index (κ3) is 4.12. The molecule has 2 aromatic carbocycles. The van der Waals surface area contributed by atoms with Gasteiger partial charge in [-0.1, -0.05) is 30.7 Å². The van der Waals surface area contributed by atoms with Crippen LogP contribution in [-0.4, -0.2) is 28.0 Å². The zero-order valence-electron chi connectivity index (χ0n) is 18.2. The SMILES string of the molecule is CCCOc1ccc([C@@H]2CC(=O)Nc3c(S(=O)(=O)c4ccc(C)cc4)csc32)cc1OC. The second-order valence-corrected chi connectivity index (χ2v) is 10.5. The minimum Gasteiger partial charge on any atom is -0.493 e. The Morgan fingerprint density at radius 3 is 2.56 bits per heavy atom. The van der Waals surface area contributed by atoms with Crippen LogP contribution in [0.15, 0.2) is 57.6 Å². The van der Waals surface area contributed by atoms with Gasteiger partial charge in [-0.2, -0.15) is 0 Å². The van der Waals surface area contributed by atoms with E-state index in [1.54, 1.807) is 36.8 Å². The number of fused-ring (bicyclic) bond motifs is 1. The summed E-state index contributed by atoms with van der Waals surface area (Å²) in [5, 5.41) is 4.42. The molecule has 2 heterocycles. The largest absolute Gasteiger partial charge is 0.493 e. The van der Waals surface area contributed by atoms with E-state index < -0.39 is 9.84 Å². The molecule has 0 radical (unpaired) electrons. The topological polar surface area (TPSA) is 81.7 Å². The molecule has 1 N–H and O–H groups in total. The van der Waals surface area contributed by atoms with E-state index in [9.17, 15) is 13.2 Å². The molecule has 0 aliphatic carbocycles. The molecule has 0 spiro atoms. The van der Waals surface area contributed by atoms with Gasteiger partial charge in [0.25, 0.3) is 0 Å². The Morgan fingerprint density at radius 1 is 1.12 bits per heavy atom. The standard InChI is InChI=1S/C24H25NO5S2/c1-4-11-30-19-10-7-16(12-20(19)29-3)18-13-22(26)25-23-21(14-31-24(18)23)32(27,28)17-8-5-15(2)6-9-17/h5-10,12,14,18H,4,11,13H2,1-3H3,(H,25,26)/t18-/m0/s1. The predicted octanol–water partition coefficient (Wildman–Crippen LogP) is 5.16. The van der Waals surface area contributed by atoms with Crippen LogP contribution < -0.4 is 14.8 Å². The van der Waals surface area contributed by atoms with Gasteiger partial charge in [-0.3, -0.25) is 4.79 Å². The van der Waals surface area contributed by atoms with Crippen molar-refractivity contribution in [3.05, 3.63) is 63.8 Å². The molecule has 3 aromatic rings. The maximum Gasteiger partial charge on any atom is 0.225 e. The van der Waals surface area contributed by atoms with Crippen LogP contribution in [0.1, 0.15) is 41.7 Å². The van der Waals surface area contributed by atoms with Gasteiger partial charge in [0.1, 0.15) is 4.90 Å². The van der Waals surface area contributed by atoms with E-state index in [1.807, 2.05) is 32.0 Å². The molecule has 0 bridgehead atoms. The van der Waals surface area contributed by atoms with Gasteiger partial charge in [-0.25, -0.2) is 8.42 Å². The number of nitrogens with one attached hydrogen (secondary N) is 1. The molecule has 0 saturated heterocycles. The fraction of sp³-hybridized carbons (Fsp3) is 0.292. The van der Waals surface area contributed by atoms with Crippen molar-refractivity contribution in [3.8, 4) is 11.5 Å². The number of benzene rings is 2. The molecule has 1 aliphatic rings. The van der Waals surface area contributed by atoms with Gasteiger partial charge in [0, 0.05) is 22.6 Å². The monoisotopic (exact) mass is 471 g/mol. The fourth-order valence-corrected chi connectivity index (χ4v) is 6.66. The number of carbonyl (C=O) groups excluding carboxylic acids is 1. The van der Waals surface area contributed by atoms with Crippen molar-refractivity contribution in [2.24, 2.45) is 0 Å². The highest BCUT2D eigenvalue weighted by atomic mass is 32.2. The third-order valence-corrected chi connectivity index (χ3v) is 8.47. The number of ether oxygens (including phenoxy) is 2. The molecule has 1 atom stereocenters. The average Bonchev–Trinajstić information content (AvgIpc) is 3.22. The van der Waals surface area contributed by atoms with Crippen LogP contribution in [0.3, 0.4) is 0 Å². The van der Waals surface area contributed by atoms with Crippen LogP contribution in [0.4, 0.5) is 5.69 Å². The molecule has 1 aliphatic heterocycles. The molecule has 4 rings (SSSR count). The van der Waals surface area contributed by atoms with E-state index >= 15 is 0 Å². The molecule has 0 saturated carbocycles. The summed E-state index contributed by atoms with van der Waals surface area (Å²) < 4.78 is 37.8. The third-order valence-electron chi connectivity index (χ3n) is 5.43. The summed E-state index contributed by atoms with van der Waals surface area (Å²) in [6, 6.07) is 12.3. The van der Waals surface area contributed by atoms with Crippen LogP contribution in [0.5, 0.6) is 11.5 Å². The highest BCUT2D eigenvalue weighted by Crippen LogP contribution is 2.47. The summed E-state index contributed by atoms with van der Waals surface area (Å²) in [5.41, 5.74) is 2.23. The quantitative estimate of drug-likeness (QED) is 0.515. The maximum atomic E-state index is 13.3. The van der Waals surface area contributed by atoms with Gasteiger partial charge < -0.3 is 14.8 Å². The zero-order chi connectivity index (χ0) is 22.9. The summed E-state index contributed by atoms with van der Waals surface area (Å²) in [6.45, 7) is 4.51. The summed E-state index contributed by atoms with van der Waals surface area (Å²) in [4.78, 5) is 13.7. The first-order valence-electron chi connectivity index (χ1n) is 10.4. The number of rotatable bonds is 7. The van der Waals surface area contributed by atoms with E-state index in [-0.39, 0.29) is 28.0 Å². The van der Waals surface area contributed by atoms with Gasteiger partial charge in [0.15, 0.2) is 11.5 Å². The number of amides is 1. The number of anilines is 1. The summed E-state index contributed by atoms with van der Waals surface area (Å²) in [6.07, 6.45) is 1.11. The number of carbonyl (C=O) groups is 1. The van der Waals surface area contributed by atoms with E-state index in [0.717, 1.165) is 22.4 Å². The maximum absolute atomic E-state index is 13.3. The Morgan fingerprint density at radius 2 is 1.88 bits per heavy atom. The second kappa shape index (κ2) is 8.96. The van der Waals surface area contributed by atoms with Crippen LogP contribution in [0.25, 0.3) is 0 Å². The molecule has 1 amide bonds. The summed E-state index contributed by atoms with van der Waals surface area (Å²) in [5.74, 6) is 0.756. The minimum atomic E-state index is -3.76. The van der Waals surface area contributed by atoms with Gasteiger partial charge in [-0.15, -0.1) is 11.3 Å². The van der Waals surface area contributed by atoms with Gasteiger partial charge in [0.2, 0.25) is 15.7 Å². The van der Waals surface area contributed by atoms with Crippen molar-refractivity contribution < 1.29 is 22.7 Å². The van der Waals surface area contributed by atoms with Crippen molar-refractivity contribution in [3.63, 3.8) is 0 Å². The number of hydrogen-bond donors (Lipinski definition) is 1. The number of aryl methyl sites for hydroxylation is 1. The number of thiophene rings is 1. The summed E-state index contributed by atoms with van der Waals surface area (Å²) in [7, 11) is -2.18. The van der Waals surface area contributed by atoms with Crippen LogP contribution in [-0.2, 0) is 14.6 Å². The van der Waals surface area contributed by atoms with Gasteiger partial charge in [-0.05, 0) is 43.2 Å². The van der Waals surface area contributed by atoms with E-state index in [1.165, 1.54) is 11.3 Å². The van der Waals surface area contributed by atoms with Crippen LogP contribution in [0.2, 0.25) is 0 Å². The Kier molecular flexibility index (Phi) is 6.26. The first kappa shape index (κ1) is 22.4. The van der Waals surface area contributed by atoms with Crippen molar-refractivity contribution in [2.45, 2.75) is 42.4 Å². The van der Waals surface area contributed by atoms with Crippen molar-refractivity contribution >= 4 is 32.8 Å². The molecule has 6 nitrogen and oxygen atoms in total. The smallest absolute Gasteiger partial charge is 0.225 e. The van der Waals surface area contributed by atoms with Crippen molar-refractivity contribution in [1.29, 1.82) is 0 Å². The number of sulfone groups is 1. The molecule has 8 heteroatoms. The molecule has 1 aromatic heterocycles. The molecule has 32 heavy (non-hydrogen) atoms. The first-order chi connectivity index (χ1) is 15.3. The number of methoxy groups -OCH3 is 1. The van der Waals surface area contributed by atoms with E-state index in [2.05, 4.69) is 5.32 Å². The Labute approximate surface area is 192 Å². The second-order valence-electron chi connectivity index (χ2n) is 7.72. The van der Waals surface area contributed by atoms with Crippen molar-refractivity contribution in [2.75, 3.05) is 19.0 Å². The molecule has 0 unspecified atom stereocenters. The Bertz CT molecular complexity index is 1250. The fourth-order valence-electron chi connectivity index (χ4n) is 3.75. The minimum absolute atomic E-state index is 0.134. The zero-order valence-corrected chi connectivity index (χ0v) is 19.8. The first-order valence-corrected chi connectivity index (χ1v) is 12.7. The number of hydrogen-bond acceptors (Lipinski definition) is 6. The van der Waals surface area contributed by atoms with Gasteiger partial charge in [0.05, 0.1) is 24.3 Å². The predicted molar refractivity (Wildman–Crippen MR) is 125 cm³/mol. The van der Waals surface area contributed by atoms with Crippen LogP contribution in [0, 0.1) is 6.92 Å². The Hall–Kier alpha value is -2.84. The molecular formula is C24H25NO5S2. The van der Waals surface area contributed by atoms with Gasteiger partial charge >= 0.3 is 0 Å². The lowest BCUT2D eigenvalue weighted by molar-refractivity contribution is -0.116. The summed E-state index contributed by atoms with van der Waals surface area (Å²) >= 11 is 1.35. The van der Waals surface area contributed by atoms with Crippen molar-refractivity contribution in [1.82, 2.24) is 0 Å².